The first-order chi connectivity index (χ1) is 10.6. The molecule has 2 saturated heterocycles. The third kappa shape index (κ3) is 3.01. The third-order valence-corrected chi connectivity index (χ3v) is 4.58. The molecule has 0 aliphatic carbocycles. The Labute approximate surface area is 130 Å². The predicted molar refractivity (Wildman–Crippen MR) is 79.3 cm³/mol. The molecule has 1 aromatic rings. The molecule has 3 heterocycles. The van der Waals surface area contributed by atoms with Gasteiger partial charge in [-0.05, 0) is 6.92 Å². The Morgan fingerprint density at radius 1 is 1.18 bits per heavy atom. The van der Waals surface area contributed by atoms with Crippen molar-refractivity contribution in [3.63, 3.8) is 0 Å². The molecule has 0 radical (unpaired) electrons. The highest BCUT2D eigenvalue weighted by Crippen LogP contribution is 2.23. The Hall–Kier alpha value is -1.47. The molecule has 2 atom stereocenters. The van der Waals surface area contributed by atoms with Gasteiger partial charge in [-0.2, -0.15) is 4.98 Å². The summed E-state index contributed by atoms with van der Waals surface area (Å²) in [5.41, 5.74) is 0. The fourth-order valence-corrected chi connectivity index (χ4v) is 3.06. The second kappa shape index (κ2) is 6.34. The Morgan fingerprint density at radius 2 is 1.91 bits per heavy atom. The molecule has 7 heteroatoms. The van der Waals surface area contributed by atoms with Gasteiger partial charge in [0.15, 0.2) is 5.82 Å². The van der Waals surface area contributed by atoms with E-state index in [0.29, 0.717) is 12.5 Å². The quantitative estimate of drug-likeness (QED) is 0.774. The molecule has 7 nitrogen and oxygen atoms in total. The van der Waals surface area contributed by atoms with E-state index in [1.54, 1.807) is 0 Å². The summed E-state index contributed by atoms with van der Waals surface area (Å²) >= 11 is 0. The van der Waals surface area contributed by atoms with Gasteiger partial charge in [0.25, 0.3) is 0 Å². The molecule has 2 aliphatic rings. The van der Waals surface area contributed by atoms with Crippen molar-refractivity contribution in [2.24, 2.45) is 0 Å². The number of nitrogens with zero attached hydrogens (tertiary/aromatic N) is 4. The molecule has 0 saturated carbocycles. The molecule has 0 amide bonds. The van der Waals surface area contributed by atoms with E-state index in [0.717, 1.165) is 38.4 Å². The monoisotopic (exact) mass is 308 g/mol. The first kappa shape index (κ1) is 15.4. The van der Waals surface area contributed by atoms with Crippen molar-refractivity contribution in [1.82, 2.24) is 19.9 Å². The molecular formula is C15H24N4O3. The molecule has 0 spiro atoms. The number of ether oxygens (including phenoxy) is 1. The van der Waals surface area contributed by atoms with Gasteiger partial charge in [-0.3, -0.25) is 14.6 Å². The number of piperazine rings is 1. The summed E-state index contributed by atoms with van der Waals surface area (Å²) in [6.45, 7) is 10.3. The molecule has 0 bridgehead atoms. The standard InChI is InChI=1S/C15H24N4O3/c1-10(2)13-16-14(22-17-13)11(3)18-5-7-19(8-6-18)12-4-9-21-15(12)20/h10-12H,4-9H2,1-3H3/t11-,12+/m1/s1. The van der Waals surface area contributed by atoms with E-state index >= 15 is 0 Å². The molecule has 1 aromatic heterocycles. The number of rotatable bonds is 4. The van der Waals surface area contributed by atoms with Crippen LogP contribution < -0.4 is 0 Å². The van der Waals surface area contributed by atoms with E-state index in [4.69, 9.17) is 9.26 Å². The van der Waals surface area contributed by atoms with Gasteiger partial charge in [0.2, 0.25) is 5.89 Å². The van der Waals surface area contributed by atoms with Crippen LogP contribution in [0.4, 0.5) is 0 Å². The number of cyclic esters (lactones) is 1. The van der Waals surface area contributed by atoms with Crippen LogP contribution in [-0.4, -0.2) is 64.7 Å². The summed E-state index contributed by atoms with van der Waals surface area (Å²) in [5.74, 6) is 1.64. The van der Waals surface area contributed by atoms with Crippen LogP contribution in [0.25, 0.3) is 0 Å². The number of hydrogen-bond donors (Lipinski definition) is 0. The average molecular weight is 308 g/mol. The van der Waals surface area contributed by atoms with E-state index in [-0.39, 0.29) is 24.0 Å². The SMILES string of the molecule is CC(C)c1noc([C@@H](C)N2CCN([C@H]3CCOC3=O)CC2)n1. The highest BCUT2D eigenvalue weighted by atomic mass is 16.5. The van der Waals surface area contributed by atoms with Gasteiger partial charge in [0.1, 0.15) is 6.04 Å². The normalized spacial score (nSPS) is 25.6. The first-order valence-corrected chi connectivity index (χ1v) is 8.04. The summed E-state index contributed by atoms with van der Waals surface area (Å²) < 4.78 is 10.5. The number of carbonyl (C=O) groups is 1. The lowest BCUT2D eigenvalue weighted by Gasteiger charge is -2.38. The Kier molecular flexibility index (Phi) is 4.44. The van der Waals surface area contributed by atoms with Crippen molar-refractivity contribution in [2.75, 3.05) is 32.8 Å². The lowest BCUT2D eigenvalue weighted by molar-refractivity contribution is -0.143. The maximum absolute atomic E-state index is 11.7. The molecule has 3 rings (SSSR count). The number of carbonyl (C=O) groups excluding carboxylic acids is 1. The van der Waals surface area contributed by atoms with Crippen molar-refractivity contribution in [3.8, 4) is 0 Å². The average Bonchev–Trinajstić information content (AvgIpc) is 3.15. The van der Waals surface area contributed by atoms with Gasteiger partial charge in [0, 0.05) is 38.5 Å². The van der Waals surface area contributed by atoms with E-state index < -0.39 is 0 Å². The first-order valence-electron chi connectivity index (χ1n) is 8.04. The van der Waals surface area contributed by atoms with E-state index in [2.05, 4.69) is 40.7 Å². The van der Waals surface area contributed by atoms with Gasteiger partial charge >= 0.3 is 5.97 Å². The summed E-state index contributed by atoms with van der Waals surface area (Å²) in [6.07, 6.45) is 0.815. The molecule has 122 valence electrons. The molecule has 2 aliphatic heterocycles. The zero-order valence-electron chi connectivity index (χ0n) is 13.5. The van der Waals surface area contributed by atoms with Crippen LogP contribution in [0.15, 0.2) is 4.52 Å². The second-order valence-corrected chi connectivity index (χ2v) is 6.37. The van der Waals surface area contributed by atoms with Gasteiger partial charge in [0.05, 0.1) is 12.6 Å². The van der Waals surface area contributed by atoms with Crippen LogP contribution in [0.5, 0.6) is 0 Å². The molecule has 0 N–H and O–H groups in total. The highest BCUT2D eigenvalue weighted by molar-refractivity contribution is 5.77. The van der Waals surface area contributed by atoms with Crippen molar-refractivity contribution in [3.05, 3.63) is 11.7 Å². The van der Waals surface area contributed by atoms with Crippen LogP contribution in [0.2, 0.25) is 0 Å². The second-order valence-electron chi connectivity index (χ2n) is 6.37. The lowest BCUT2D eigenvalue weighted by Crippen LogP contribution is -2.52. The molecule has 22 heavy (non-hydrogen) atoms. The maximum atomic E-state index is 11.7. The lowest BCUT2D eigenvalue weighted by atomic mass is 10.1. The molecular weight excluding hydrogens is 284 g/mol. The molecule has 0 unspecified atom stereocenters. The summed E-state index contributed by atoms with van der Waals surface area (Å²) in [4.78, 5) is 20.7. The number of aromatic nitrogens is 2. The maximum Gasteiger partial charge on any atom is 0.323 e. The fraction of sp³-hybridized carbons (Fsp3) is 0.800. The van der Waals surface area contributed by atoms with Crippen molar-refractivity contribution < 1.29 is 14.1 Å². The van der Waals surface area contributed by atoms with Gasteiger partial charge in [-0.1, -0.05) is 19.0 Å². The van der Waals surface area contributed by atoms with Crippen molar-refractivity contribution in [1.29, 1.82) is 0 Å². The smallest absolute Gasteiger partial charge is 0.323 e. The van der Waals surface area contributed by atoms with Crippen LogP contribution >= 0.6 is 0 Å². The van der Waals surface area contributed by atoms with Crippen molar-refractivity contribution >= 4 is 5.97 Å². The Bertz CT molecular complexity index is 523. The number of hydrogen-bond acceptors (Lipinski definition) is 7. The van der Waals surface area contributed by atoms with Crippen LogP contribution in [0.3, 0.4) is 0 Å². The zero-order valence-corrected chi connectivity index (χ0v) is 13.5. The Morgan fingerprint density at radius 3 is 2.45 bits per heavy atom. The third-order valence-electron chi connectivity index (χ3n) is 4.58. The van der Waals surface area contributed by atoms with Crippen LogP contribution in [-0.2, 0) is 9.53 Å². The minimum absolute atomic E-state index is 0.0478. The predicted octanol–water partition coefficient (Wildman–Crippen LogP) is 1.19. The van der Waals surface area contributed by atoms with Gasteiger partial charge in [-0.25, -0.2) is 0 Å². The summed E-state index contributed by atoms with van der Waals surface area (Å²) in [6, 6.07) is 0.0612. The molecule has 2 fully saturated rings. The van der Waals surface area contributed by atoms with E-state index in [9.17, 15) is 4.79 Å². The highest BCUT2D eigenvalue weighted by Gasteiger charge is 2.35. The van der Waals surface area contributed by atoms with Gasteiger partial charge in [-0.15, -0.1) is 0 Å². The minimum Gasteiger partial charge on any atom is -0.464 e. The number of esters is 1. The zero-order chi connectivity index (χ0) is 15.7. The van der Waals surface area contributed by atoms with E-state index in [1.165, 1.54) is 0 Å². The minimum atomic E-state index is -0.0695. The molecule has 0 aromatic carbocycles. The van der Waals surface area contributed by atoms with Crippen LogP contribution in [0.1, 0.15) is 50.9 Å². The van der Waals surface area contributed by atoms with E-state index in [1.807, 2.05) is 0 Å². The Balaban J connectivity index is 1.57. The summed E-state index contributed by atoms with van der Waals surface area (Å²) in [5, 5.41) is 4.04. The largest absolute Gasteiger partial charge is 0.464 e. The fourth-order valence-electron chi connectivity index (χ4n) is 3.06. The summed E-state index contributed by atoms with van der Waals surface area (Å²) in [7, 11) is 0. The van der Waals surface area contributed by atoms with Crippen molar-refractivity contribution in [2.45, 2.75) is 45.2 Å². The van der Waals surface area contributed by atoms with Crippen LogP contribution in [0, 0.1) is 0 Å². The van der Waals surface area contributed by atoms with Gasteiger partial charge < -0.3 is 9.26 Å². The topological polar surface area (TPSA) is 71.7 Å².